The summed E-state index contributed by atoms with van der Waals surface area (Å²) >= 11 is 0. The van der Waals surface area contributed by atoms with Gasteiger partial charge in [-0.3, -0.25) is 0 Å². The molecule has 86 valence electrons. The molecule has 0 spiro atoms. The quantitative estimate of drug-likeness (QED) is 0.658. The first-order chi connectivity index (χ1) is 6.23. The third-order valence-electron chi connectivity index (χ3n) is 1.96. The molecule has 0 fully saturated rings. The van der Waals surface area contributed by atoms with Crippen LogP contribution in [0.2, 0.25) is 0 Å². The first kappa shape index (κ1) is 13.9. The summed E-state index contributed by atoms with van der Waals surface area (Å²) in [4.78, 5) is 0. The number of rotatable bonds is 6. The molecule has 0 radical (unpaired) electrons. The lowest BCUT2D eigenvalue weighted by atomic mass is 10.3. The zero-order chi connectivity index (χ0) is 11.4. The maximum absolute atomic E-state index is 11.5. The Balaban J connectivity index is 4.50. The molecule has 1 unspecified atom stereocenters. The van der Waals surface area contributed by atoms with Gasteiger partial charge in [-0.25, -0.2) is 16.8 Å². The van der Waals surface area contributed by atoms with Crippen LogP contribution in [0.3, 0.4) is 0 Å². The minimum Gasteiger partial charge on any atom is -0.329 e. The van der Waals surface area contributed by atoms with Crippen LogP contribution in [-0.2, 0) is 19.7 Å². The van der Waals surface area contributed by atoms with E-state index in [-0.39, 0.29) is 18.1 Å². The van der Waals surface area contributed by atoms with Gasteiger partial charge in [0, 0.05) is 12.8 Å². The maximum atomic E-state index is 11.5. The van der Waals surface area contributed by atoms with Crippen molar-refractivity contribution in [3.8, 4) is 0 Å². The Morgan fingerprint density at radius 3 is 1.93 bits per heavy atom. The van der Waals surface area contributed by atoms with Gasteiger partial charge < -0.3 is 5.73 Å². The Morgan fingerprint density at radius 1 is 1.14 bits per heavy atom. The summed E-state index contributed by atoms with van der Waals surface area (Å²) in [6.45, 7) is 1.76. The Kier molecular flexibility index (Phi) is 5.03. The van der Waals surface area contributed by atoms with Crippen LogP contribution in [0.25, 0.3) is 0 Å². The molecule has 0 aliphatic carbocycles. The van der Waals surface area contributed by atoms with Crippen molar-refractivity contribution in [3.05, 3.63) is 0 Å². The van der Waals surface area contributed by atoms with Gasteiger partial charge in [0.15, 0.2) is 9.84 Å². The molecule has 0 bridgehead atoms. The van der Waals surface area contributed by atoms with E-state index in [1.165, 1.54) is 0 Å². The van der Waals surface area contributed by atoms with Crippen LogP contribution < -0.4 is 5.73 Å². The van der Waals surface area contributed by atoms with Crippen molar-refractivity contribution in [2.45, 2.75) is 18.6 Å². The van der Waals surface area contributed by atoms with Crippen molar-refractivity contribution in [1.82, 2.24) is 0 Å². The van der Waals surface area contributed by atoms with E-state index in [2.05, 4.69) is 0 Å². The van der Waals surface area contributed by atoms with E-state index >= 15 is 0 Å². The lowest BCUT2D eigenvalue weighted by Gasteiger charge is -2.12. The average molecular weight is 243 g/mol. The highest BCUT2D eigenvalue weighted by Crippen LogP contribution is 2.06. The second-order valence-corrected chi connectivity index (χ2v) is 7.92. The Labute approximate surface area is 85.5 Å². The summed E-state index contributed by atoms with van der Waals surface area (Å²) in [5.74, 6) is -0.659. The minimum absolute atomic E-state index is 0.0442. The van der Waals surface area contributed by atoms with Gasteiger partial charge in [-0.15, -0.1) is 0 Å². The fourth-order valence-corrected chi connectivity index (χ4v) is 4.28. The molecular weight excluding hydrogens is 226 g/mol. The van der Waals surface area contributed by atoms with Gasteiger partial charge in [-0.05, 0) is 6.42 Å². The van der Waals surface area contributed by atoms with Crippen LogP contribution >= 0.6 is 0 Å². The monoisotopic (exact) mass is 243 g/mol. The first-order valence-corrected chi connectivity index (χ1v) is 8.10. The van der Waals surface area contributed by atoms with Gasteiger partial charge in [-0.2, -0.15) is 0 Å². The zero-order valence-corrected chi connectivity index (χ0v) is 10.1. The number of sulfone groups is 2. The summed E-state index contributed by atoms with van der Waals surface area (Å²) in [6, 6.07) is 0. The Hall–Kier alpha value is -0.140. The van der Waals surface area contributed by atoms with Crippen molar-refractivity contribution >= 4 is 19.7 Å². The highest BCUT2D eigenvalue weighted by atomic mass is 32.2. The molecule has 0 aliphatic rings. The van der Waals surface area contributed by atoms with Gasteiger partial charge in [0.2, 0.25) is 0 Å². The molecule has 5 nitrogen and oxygen atoms in total. The summed E-state index contributed by atoms with van der Waals surface area (Å²) in [6.07, 6.45) is 1.44. The predicted octanol–water partition coefficient (Wildman–Crippen LogP) is -0.817. The molecule has 0 aliphatic heterocycles. The molecule has 0 aromatic carbocycles. The van der Waals surface area contributed by atoms with Crippen LogP contribution in [0.1, 0.15) is 13.3 Å². The number of hydrogen-bond donors (Lipinski definition) is 1. The second kappa shape index (κ2) is 5.09. The van der Waals surface area contributed by atoms with E-state index in [0.717, 1.165) is 6.26 Å². The van der Waals surface area contributed by atoms with Crippen LogP contribution in [0.5, 0.6) is 0 Å². The van der Waals surface area contributed by atoms with Crippen LogP contribution in [0.4, 0.5) is 0 Å². The van der Waals surface area contributed by atoms with Gasteiger partial charge >= 0.3 is 0 Å². The van der Waals surface area contributed by atoms with Crippen molar-refractivity contribution in [2.24, 2.45) is 5.73 Å². The van der Waals surface area contributed by atoms with Crippen molar-refractivity contribution in [2.75, 3.05) is 24.3 Å². The van der Waals surface area contributed by atoms with E-state index in [9.17, 15) is 16.8 Å². The predicted molar refractivity (Wildman–Crippen MR) is 56.6 cm³/mol. The molecule has 7 heteroatoms. The minimum atomic E-state index is -3.36. The van der Waals surface area contributed by atoms with Gasteiger partial charge in [0.25, 0.3) is 0 Å². The summed E-state index contributed by atoms with van der Waals surface area (Å²) < 4.78 is 44.6. The number of hydrogen-bond acceptors (Lipinski definition) is 5. The largest absolute Gasteiger partial charge is 0.329 e. The fraction of sp³-hybridized carbons (Fsp3) is 1.00. The summed E-state index contributed by atoms with van der Waals surface area (Å²) in [7, 11) is -6.59. The van der Waals surface area contributed by atoms with Crippen molar-refractivity contribution in [3.63, 3.8) is 0 Å². The molecule has 0 rings (SSSR count). The molecule has 1 atom stereocenters. The molecule has 0 aromatic heterocycles. The highest BCUT2D eigenvalue weighted by Gasteiger charge is 2.23. The molecule has 0 heterocycles. The van der Waals surface area contributed by atoms with E-state index in [1.54, 1.807) is 6.92 Å². The van der Waals surface area contributed by atoms with E-state index in [0.29, 0.717) is 6.42 Å². The Morgan fingerprint density at radius 2 is 1.64 bits per heavy atom. The van der Waals surface area contributed by atoms with Crippen molar-refractivity contribution < 1.29 is 16.8 Å². The molecule has 0 aromatic rings. The van der Waals surface area contributed by atoms with Crippen molar-refractivity contribution in [1.29, 1.82) is 0 Å². The molecule has 0 saturated heterocycles. The second-order valence-electron chi connectivity index (χ2n) is 3.26. The van der Waals surface area contributed by atoms with Crippen LogP contribution in [0, 0.1) is 0 Å². The van der Waals surface area contributed by atoms with Gasteiger partial charge in [0.1, 0.15) is 9.84 Å². The van der Waals surface area contributed by atoms with Crippen LogP contribution in [0.15, 0.2) is 0 Å². The topological polar surface area (TPSA) is 94.3 Å². The molecule has 14 heavy (non-hydrogen) atoms. The maximum Gasteiger partial charge on any atom is 0.155 e. The Bertz CT molecular complexity index is 353. The zero-order valence-electron chi connectivity index (χ0n) is 8.43. The third-order valence-corrected chi connectivity index (χ3v) is 5.48. The first-order valence-electron chi connectivity index (χ1n) is 4.32. The molecule has 0 amide bonds. The standard InChI is InChI=1S/C7H17NO4S2/c1-3-7(6-8)14(11,12)5-4-13(2,9)10/h7H,3-6,8H2,1-2H3. The van der Waals surface area contributed by atoms with Crippen LogP contribution in [-0.4, -0.2) is 46.4 Å². The van der Waals surface area contributed by atoms with E-state index in [1.807, 2.05) is 0 Å². The lowest BCUT2D eigenvalue weighted by molar-refractivity contribution is 0.574. The summed E-state index contributed by atoms with van der Waals surface area (Å²) in [5, 5.41) is -0.621. The smallest absolute Gasteiger partial charge is 0.155 e. The third kappa shape index (κ3) is 4.92. The molecule has 0 saturated carbocycles. The van der Waals surface area contributed by atoms with E-state index < -0.39 is 24.9 Å². The average Bonchev–Trinajstić information content (AvgIpc) is 2.02. The highest BCUT2D eigenvalue weighted by molar-refractivity contribution is 7.95. The normalized spacial score (nSPS) is 15.4. The summed E-state index contributed by atoms with van der Waals surface area (Å²) in [5.41, 5.74) is 5.28. The molecule has 2 N–H and O–H groups in total. The fourth-order valence-electron chi connectivity index (χ4n) is 1.00. The lowest BCUT2D eigenvalue weighted by Crippen LogP contribution is -2.33. The number of nitrogens with two attached hydrogens (primary N) is 1. The van der Waals surface area contributed by atoms with Gasteiger partial charge in [-0.1, -0.05) is 6.92 Å². The van der Waals surface area contributed by atoms with E-state index in [4.69, 9.17) is 5.73 Å². The molecular formula is C7H17NO4S2. The van der Waals surface area contributed by atoms with Gasteiger partial charge in [0.05, 0.1) is 16.8 Å². The SMILES string of the molecule is CCC(CN)S(=O)(=O)CCS(C)(=O)=O.